The molecule has 3 rings (SSSR count). The molecule has 0 spiro atoms. The van der Waals surface area contributed by atoms with Crippen LogP contribution in [0, 0.1) is 0 Å². The maximum atomic E-state index is 5.75. The number of rotatable bonds is 2. The van der Waals surface area contributed by atoms with Crippen molar-refractivity contribution < 1.29 is 4.74 Å². The molecule has 0 saturated heterocycles. The van der Waals surface area contributed by atoms with Gasteiger partial charge in [0.15, 0.2) is 0 Å². The van der Waals surface area contributed by atoms with E-state index >= 15 is 0 Å². The third-order valence-corrected chi connectivity index (χ3v) is 2.99. The molecule has 0 unspecified atom stereocenters. The molecular formula is C13H14N2O. The molecule has 0 bridgehead atoms. The third kappa shape index (κ3) is 1.41. The molecule has 3 N–H and O–H groups in total. The van der Waals surface area contributed by atoms with Gasteiger partial charge in [0.25, 0.3) is 0 Å². The first-order chi connectivity index (χ1) is 7.88. The molecule has 1 aliphatic heterocycles. The lowest BCUT2D eigenvalue weighted by Crippen LogP contribution is -2.00. The number of hydrogen-bond donors (Lipinski definition) is 2. The van der Waals surface area contributed by atoms with Crippen molar-refractivity contribution in [2.75, 3.05) is 6.61 Å². The smallest absolute Gasteiger partial charge is 0.127 e. The van der Waals surface area contributed by atoms with Crippen LogP contribution in [-0.2, 0) is 13.0 Å². The molecule has 0 radical (unpaired) electrons. The summed E-state index contributed by atoms with van der Waals surface area (Å²) in [4.78, 5) is 3.21. The van der Waals surface area contributed by atoms with Crippen molar-refractivity contribution in [1.82, 2.24) is 4.98 Å². The van der Waals surface area contributed by atoms with Crippen LogP contribution in [0.2, 0.25) is 0 Å². The monoisotopic (exact) mass is 214 g/mol. The predicted octanol–water partition coefficient (Wildman–Crippen LogP) is 2.08. The largest absolute Gasteiger partial charge is 0.493 e. The van der Waals surface area contributed by atoms with Gasteiger partial charge in [-0.15, -0.1) is 0 Å². The zero-order valence-corrected chi connectivity index (χ0v) is 8.99. The topological polar surface area (TPSA) is 51.0 Å². The average molecular weight is 214 g/mol. The second-order valence-corrected chi connectivity index (χ2v) is 4.01. The molecule has 1 aliphatic rings. The van der Waals surface area contributed by atoms with E-state index in [0.717, 1.165) is 30.0 Å². The molecule has 0 aliphatic carbocycles. The maximum Gasteiger partial charge on any atom is 0.127 e. The van der Waals surface area contributed by atoms with E-state index in [4.69, 9.17) is 10.5 Å². The lowest BCUT2D eigenvalue weighted by molar-refractivity contribution is 0.353. The Hall–Kier alpha value is -1.74. The first-order valence-corrected chi connectivity index (χ1v) is 5.51. The second kappa shape index (κ2) is 3.68. The van der Waals surface area contributed by atoms with Crippen molar-refractivity contribution in [2.45, 2.75) is 13.0 Å². The summed E-state index contributed by atoms with van der Waals surface area (Å²) in [5.41, 5.74) is 10.4. The van der Waals surface area contributed by atoms with Crippen molar-refractivity contribution in [1.29, 1.82) is 0 Å². The molecule has 2 aromatic rings. The van der Waals surface area contributed by atoms with Crippen LogP contribution >= 0.6 is 0 Å². The molecule has 2 heterocycles. The number of aromatic amines is 1. The predicted molar refractivity (Wildman–Crippen MR) is 63.3 cm³/mol. The van der Waals surface area contributed by atoms with Crippen LogP contribution in [0.15, 0.2) is 30.5 Å². The molecule has 1 aromatic heterocycles. The fraction of sp³-hybridized carbons (Fsp3) is 0.231. The normalized spacial score (nSPS) is 13.6. The van der Waals surface area contributed by atoms with Crippen LogP contribution in [0.3, 0.4) is 0 Å². The van der Waals surface area contributed by atoms with Gasteiger partial charge in [0.05, 0.1) is 6.61 Å². The highest BCUT2D eigenvalue weighted by molar-refractivity contribution is 5.65. The van der Waals surface area contributed by atoms with Crippen molar-refractivity contribution in [3.8, 4) is 17.0 Å². The van der Waals surface area contributed by atoms with Gasteiger partial charge in [-0.05, 0) is 35.4 Å². The number of nitrogens with one attached hydrogen (secondary N) is 1. The van der Waals surface area contributed by atoms with E-state index in [1.54, 1.807) is 0 Å². The second-order valence-electron chi connectivity index (χ2n) is 4.01. The Labute approximate surface area is 94.2 Å². The average Bonchev–Trinajstić information content (AvgIpc) is 2.97. The summed E-state index contributed by atoms with van der Waals surface area (Å²) >= 11 is 0. The SMILES string of the molecule is NCc1cc(-c2ccc[nH]2)cc2c1OCC2. The van der Waals surface area contributed by atoms with Crippen LogP contribution in [0.5, 0.6) is 5.75 Å². The fourth-order valence-electron chi connectivity index (χ4n) is 2.21. The van der Waals surface area contributed by atoms with E-state index in [1.807, 2.05) is 12.3 Å². The Morgan fingerprint density at radius 3 is 3.06 bits per heavy atom. The molecule has 1 aromatic carbocycles. The van der Waals surface area contributed by atoms with Crippen molar-refractivity contribution in [3.63, 3.8) is 0 Å². The molecule has 16 heavy (non-hydrogen) atoms. The quantitative estimate of drug-likeness (QED) is 0.804. The van der Waals surface area contributed by atoms with Gasteiger partial charge >= 0.3 is 0 Å². The van der Waals surface area contributed by atoms with Crippen LogP contribution in [-0.4, -0.2) is 11.6 Å². The summed E-state index contributed by atoms with van der Waals surface area (Å²) in [7, 11) is 0. The van der Waals surface area contributed by atoms with E-state index in [0.29, 0.717) is 6.54 Å². The summed E-state index contributed by atoms with van der Waals surface area (Å²) in [5, 5.41) is 0. The van der Waals surface area contributed by atoms with Gasteiger partial charge < -0.3 is 15.5 Å². The van der Waals surface area contributed by atoms with Crippen LogP contribution < -0.4 is 10.5 Å². The van der Waals surface area contributed by atoms with Gasteiger partial charge in [-0.2, -0.15) is 0 Å². The number of fused-ring (bicyclic) bond motifs is 1. The van der Waals surface area contributed by atoms with Crippen LogP contribution in [0.4, 0.5) is 0 Å². The van der Waals surface area contributed by atoms with Gasteiger partial charge in [-0.25, -0.2) is 0 Å². The number of hydrogen-bond acceptors (Lipinski definition) is 2. The van der Waals surface area contributed by atoms with Crippen molar-refractivity contribution in [3.05, 3.63) is 41.6 Å². The van der Waals surface area contributed by atoms with Gasteiger partial charge in [-0.1, -0.05) is 0 Å². The van der Waals surface area contributed by atoms with Crippen molar-refractivity contribution >= 4 is 0 Å². The molecule has 0 fully saturated rings. The Morgan fingerprint density at radius 1 is 1.38 bits per heavy atom. The van der Waals surface area contributed by atoms with E-state index in [9.17, 15) is 0 Å². The zero-order chi connectivity index (χ0) is 11.0. The highest BCUT2D eigenvalue weighted by Gasteiger charge is 2.17. The van der Waals surface area contributed by atoms with Crippen LogP contribution in [0.1, 0.15) is 11.1 Å². The third-order valence-electron chi connectivity index (χ3n) is 2.99. The Balaban J connectivity index is 2.15. The summed E-state index contributed by atoms with van der Waals surface area (Å²) in [6, 6.07) is 8.36. The Morgan fingerprint density at radius 2 is 2.31 bits per heavy atom. The van der Waals surface area contributed by atoms with Gasteiger partial charge in [0.2, 0.25) is 0 Å². The molecule has 0 saturated carbocycles. The first kappa shape index (κ1) is 9.48. The molecule has 3 heteroatoms. The zero-order valence-electron chi connectivity index (χ0n) is 8.99. The number of benzene rings is 1. The summed E-state index contributed by atoms with van der Waals surface area (Å²) in [6.45, 7) is 1.30. The fourth-order valence-corrected chi connectivity index (χ4v) is 2.21. The molecule has 3 nitrogen and oxygen atoms in total. The van der Waals surface area contributed by atoms with E-state index in [2.05, 4.69) is 23.2 Å². The highest BCUT2D eigenvalue weighted by Crippen LogP contribution is 2.33. The summed E-state index contributed by atoms with van der Waals surface area (Å²) in [5.74, 6) is 0.998. The Kier molecular flexibility index (Phi) is 2.18. The molecule has 82 valence electrons. The first-order valence-electron chi connectivity index (χ1n) is 5.51. The summed E-state index contributed by atoms with van der Waals surface area (Å²) in [6.07, 6.45) is 2.91. The minimum atomic E-state index is 0.525. The van der Waals surface area contributed by atoms with E-state index < -0.39 is 0 Å². The number of ether oxygens (including phenoxy) is 1. The number of nitrogens with two attached hydrogens (primary N) is 1. The summed E-state index contributed by atoms with van der Waals surface area (Å²) < 4.78 is 5.60. The lowest BCUT2D eigenvalue weighted by atomic mass is 10.0. The molecule has 0 amide bonds. The van der Waals surface area contributed by atoms with Gasteiger partial charge in [0.1, 0.15) is 5.75 Å². The molecule has 0 atom stereocenters. The van der Waals surface area contributed by atoms with E-state index in [-0.39, 0.29) is 0 Å². The minimum absolute atomic E-state index is 0.525. The van der Waals surface area contributed by atoms with Crippen LogP contribution in [0.25, 0.3) is 11.3 Å². The highest BCUT2D eigenvalue weighted by atomic mass is 16.5. The number of aromatic nitrogens is 1. The Bertz CT molecular complexity index is 503. The molecular weight excluding hydrogens is 200 g/mol. The number of H-pyrrole nitrogens is 1. The van der Waals surface area contributed by atoms with Crippen molar-refractivity contribution in [2.24, 2.45) is 5.73 Å². The van der Waals surface area contributed by atoms with Gasteiger partial charge in [-0.3, -0.25) is 0 Å². The van der Waals surface area contributed by atoms with Gasteiger partial charge in [0, 0.05) is 30.4 Å². The minimum Gasteiger partial charge on any atom is -0.493 e. The van der Waals surface area contributed by atoms with E-state index in [1.165, 1.54) is 11.1 Å². The standard InChI is InChI=1S/C13H14N2O/c14-8-11-7-10(12-2-1-4-15-12)6-9-3-5-16-13(9)11/h1-2,4,6-7,15H,3,5,8,14H2. The maximum absolute atomic E-state index is 5.75. The lowest BCUT2D eigenvalue weighted by Gasteiger charge is -2.08.